The second kappa shape index (κ2) is 7.64. The Hall–Kier alpha value is -3.47. The maximum atomic E-state index is 13.0. The van der Waals surface area contributed by atoms with E-state index in [9.17, 15) is 9.59 Å². The van der Waals surface area contributed by atoms with E-state index in [2.05, 4.69) is 10.3 Å². The molecule has 3 aromatic rings. The summed E-state index contributed by atoms with van der Waals surface area (Å²) in [6.45, 7) is 2.55. The fraction of sp³-hybridized carbons (Fsp3) is 0.174. The number of anilines is 1. The van der Waals surface area contributed by atoms with E-state index in [-0.39, 0.29) is 29.2 Å². The Morgan fingerprint density at radius 2 is 1.64 bits per heavy atom. The maximum absolute atomic E-state index is 13.0. The van der Waals surface area contributed by atoms with Crippen molar-refractivity contribution < 1.29 is 9.59 Å². The maximum Gasteiger partial charge on any atom is 0.276 e. The molecule has 140 valence electrons. The summed E-state index contributed by atoms with van der Waals surface area (Å²) in [5.74, 6) is -0.483. The predicted octanol–water partition coefficient (Wildman–Crippen LogP) is 3.78. The molecule has 1 aliphatic rings. The van der Waals surface area contributed by atoms with Gasteiger partial charge >= 0.3 is 0 Å². The molecule has 1 aromatic heterocycles. The van der Waals surface area contributed by atoms with Crippen LogP contribution in [-0.4, -0.2) is 23.3 Å². The van der Waals surface area contributed by atoms with Gasteiger partial charge in [0.15, 0.2) is 0 Å². The third-order valence-corrected chi connectivity index (χ3v) is 4.98. The zero-order valence-corrected chi connectivity index (χ0v) is 15.6. The zero-order chi connectivity index (χ0) is 19.5. The minimum atomic E-state index is -0.298. The van der Waals surface area contributed by atoms with Crippen molar-refractivity contribution in [3.63, 3.8) is 0 Å². The molecule has 5 nitrogen and oxygen atoms in total. The molecule has 5 heteroatoms. The highest BCUT2D eigenvalue weighted by molar-refractivity contribution is 6.06. The standard InChI is InChI=1S/C23H21N3O2/c1-16(17-8-3-2-4-9-17)24-22(27)19-11-7-12-20(25-19)23(28)26-15-14-18-10-5-6-13-21(18)26/h2-13,16H,14-15H2,1H3,(H,24,27). The molecular formula is C23H21N3O2. The molecule has 0 bridgehead atoms. The summed E-state index contributed by atoms with van der Waals surface area (Å²) in [4.78, 5) is 31.6. The van der Waals surface area contributed by atoms with Gasteiger partial charge in [0.05, 0.1) is 6.04 Å². The summed E-state index contributed by atoms with van der Waals surface area (Å²) in [6.07, 6.45) is 0.830. The first-order valence-corrected chi connectivity index (χ1v) is 9.36. The summed E-state index contributed by atoms with van der Waals surface area (Å²) in [6, 6.07) is 22.4. The van der Waals surface area contributed by atoms with E-state index in [4.69, 9.17) is 0 Å². The van der Waals surface area contributed by atoms with Crippen LogP contribution >= 0.6 is 0 Å². The van der Waals surface area contributed by atoms with E-state index >= 15 is 0 Å². The molecule has 2 heterocycles. The van der Waals surface area contributed by atoms with Crippen molar-refractivity contribution in [3.05, 3.63) is 95.3 Å². The van der Waals surface area contributed by atoms with E-state index in [0.29, 0.717) is 6.54 Å². The zero-order valence-electron chi connectivity index (χ0n) is 15.6. The monoisotopic (exact) mass is 371 g/mol. The molecule has 0 fully saturated rings. The number of amides is 2. The van der Waals surface area contributed by atoms with Gasteiger partial charge in [-0.1, -0.05) is 54.6 Å². The molecular weight excluding hydrogens is 350 g/mol. The molecule has 2 aromatic carbocycles. The molecule has 0 saturated heterocycles. The Kier molecular flexibility index (Phi) is 4.89. The average Bonchev–Trinajstić information content (AvgIpc) is 3.18. The van der Waals surface area contributed by atoms with Crippen LogP contribution in [0, 0.1) is 0 Å². The van der Waals surface area contributed by atoms with Gasteiger partial charge in [-0.3, -0.25) is 9.59 Å². The van der Waals surface area contributed by atoms with Crippen LogP contribution in [0.5, 0.6) is 0 Å². The van der Waals surface area contributed by atoms with E-state index in [1.807, 2.05) is 61.5 Å². The Morgan fingerprint density at radius 1 is 0.929 bits per heavy atom. The minimum absolute atomic E-state index is 0.152. The van der Waals surface area contributed by atoms with Gasteiger partial charge in [-0.15, -0.1) is 0 Å². The van der Waals surface area contributed by atoms with Crippen molar-refractivity contribution in [1.82, 2.24) is 10.3 Å². The summed E-state index contributed by atoms with van der Waals surface area (Å²) < 4.78 is 0. The Labute approximate surface area is 164 Å². The first-order valence-electron chi connectivity index (χ1n) is 9.36. The normalized spacial score (nSPS) is 13.7. The topological polar surface area (TPSA) is 62.3 Å². The van der Waals surface area contributed by atoms with Crippen molar-refractivity contribution in [2.75, 3.05) is 11.4 Å². The summed E-state index contributed by atoms with van der Waals surface area (Å²) in [5.41, 5.74) is 3.60. The van der Waals surface area contributed by atoms with Gasteiger partial charge in [-0.25, -0.2) is 4.98 Å². The summed E-state index contributed by atoms with van der Waals surface area (Å²) in [5, 5.41) is 2.94. The van der Waals surface area contributed by atoms with Gasteiger partial charge in [0, 0.05) is 12.2 Å². The highest BCUT2D eigenvalue weighted by atomic mass is 16.2. The number of nitrogens with zero attached hydrogens (tertiary/aromatic N) is 2. The molecule has 28 heavy (non-hydrogen) atoms. The Balaban J connectivity index is 1.52. The number of para-hydroxylation sites is 1. The quantitative estimate of drug-likeness (QED) is 0.759. The number of hydrogen-bond acceptors (Lipinski definition) is 3. The van der Waals surface area contributed by atoms with Crippen LogP contribution in [0.15, 0.2) is 72.8 Å². The molecule has 2 amide bonds. The van der Waals surface area contributed by atoms with Crippen LogP contribution in [0.2, 0.25) is 0 Å². The van der Waals surface area contributed by atoms with Crippen LogP contribution in [0.4, 0.5) is 5.69 Å². The van der Waals surface area contributed by atoms with Gasteiger partial charge in [0.1, 0.15) is 11.4 Å². The largest absolute Gasteiger partial charge is 0.344 e. The number of nitrogens with one attached hydrogen (secondary N) is 1. The fourth-order valence-electron chi connectivity index (χ4n) is 3.46. The number of carbonyl (C=O) groups excluding carboxylic acids is 2. The number of fused-ring (bicyclic) bond motifs is 1. The molecule has 1 unspecified atom stereocenters. The lowest BCUT2D eigenvalue weighted by Gasteiger charge is -2.17. The smallest absolute Gasteiger partial charge is 0.276 e. The number of pyridine rings is 1. The van der Waals surface area contributed by atoms with Crippen LogP contribution in [-0.2, 0) is 6.42 Å². The molecule has 1 aliphatic heterocycles. The predicted molar refractivity (Wildman–Crippen MR) is 108 cm³/mol. The summed E-state index contributed by atoms with van der Waals surface area (Å²) >= 11 is 0. The van der Waals surface area contributed by atoms with Gasteiger partial charge in [-0.05, 0) is 42.7 Å². The summed E-state index contributed by atoms with van der Waals surface area (Å²) in [7, 11) is 0. The molecule has 0 spiro atoms. The number of hydrogen-bond donors (Lipinski definition) is 1. The van der Waals surface area contributed by atoms with Gasteiger partial charge in [0.2, 0.25) is 0 Å². The van der Waals surface area contributed by atoms with E-state index in [0.717, 1.165) is 23.2 Å². The lowest BCUT2D eigenvalue weighted by molar-refractivity contribution is 0.0934. The number of rotatable bonds is 4. The van der Waals surface area contributed by atoms with Crippen LogP contribution in [0.3, 0.4) is 0 Å². The average molecular weight is 371 g/mol. The van der Waals surface area contributed by atoms with Gasteiger partial charge in [0.25, 0.3) is 11.8 Å². The molecule has 0 aliphatic carbocycles. The molecule has 0 radical (unpaired) electrons. The van der Waals surface area contributed by atoms with Crippen LogP contribution in [0.25, 0.3) is 0 Å². The third kappa shape index (κ3) is 3.51. The van der Waals surface area contributed by atoms with Crippen LogP contribution in [0.1, 0.15) is 45.1 Å². The van der Waals surface area contributed by atoms with Gasteiger partial charge < -0.3 is 10.2 Å². The second-order valence-corrected chi connectivity index (χ2v) is 6.85. The first-order chi connectivity index (χ1) is 13.6. The van der Waals surface area contributed by atoms with Crippen molar-refractivity contribution in [2.45, 2.75) is 19.4 Å². The molecule has 4 rings (SSSR count). The molecule has 0 saturated carbocycles. The van der Waals surface area contributed by atoms with E-state index < -0.39 is 0 Å². The Morgan fingerprint density at radius 3 is 2.46 bits per heavy atom. The second-order valence-electron chi connectivity index (χ2n) is 6.85. The number of benzene rings is 2. The SMILES string of the molecule is CC(NC(=O)c1cccc(C(=O)N2CCc3ccccc32)n1)c1ccccc1. The highest BCUT2D eigenvalue weighted by Gasteiger charge is 2.26. The van der Waals surface area contributed by atoms with Crippen molar-refractivity contribution in [2.24, 2.45) is 0 Å². The molecule has 1 atom stereocenters. The van der Waals surface area contributed by atoms with Gasteiger partial charge in [-0.2, -0.15) is 0 Å². The Bertz CT molecular complexity index is 1020. The van der Waals surface area contributed by atoms with Crippen molar-refractivity contribution >= 4 is 17.5 Å². The fourth-order valence-corrected chi connectivity index (χ4v) is 3.46. The van der Waals surface area contributed by atoms with Crippen LogP contribution < -0.4 is 10.2 Å². The van der Waals surface area contributed by atoms with Crippen molar-refractivity contribution in [1.29, 1.82) is 0 Å². The van der Waals surface area contributed by atoms with Crippen molar-refractivity contribution in [3.8, 4) is 0 Å². The lowest BCUT2D eigenvalue weighted by Crippen LogP contribution is -2.31. The highest BCUT2D eigenvalue weighted by Crippen LogP contribution is 2.28. The minimum Gasteiger partial charge on any atom is -0.344 e. The van der Waals surface area contributed by atoms with E-state index in [1.54, 1.807) is 23.1 Å². The molecule has 1 N–H and O–H groups in total. The lowest BCUT2D eigenvalue weighted by atomic mass is 10.1. The third-order valence-electron chi connectivity index (χ3n) is 4.98. The number of carbonyl (C=O) groups is 2. The van der Waals surface area contributed by atoms with E-state index in [1.165, 1.54) is 0 Å². The number of aromatic nitrogens is 1. The first kappa shape index (κ1) is 17.9.